The molecule has 0 bridgehead atoms. The van der Waals surface area contributed by atoms with Crippen molar-refractivity contribution in [3.63, 3.8) is 0 Å². The lowest BCUT2D eigenvalue weighted by Crippen LogP contribution is -1.80. The number of benzene rings is 2. The van der Waals surface area contributed by atoms with Crippen LogP contribution in [0.4, 0.5) is 0 Å². The monoisotopic (exact) mass is 237 g/mol. The molecule has 2 nitrogen and oxygen atoms in total. The quantitative estimate of drug-likeness (QED) is 0.701. The Bertz CT molecular complexity index is 697. The molecule has 0 spiro atoms. The van der Waals surface area contributed by atoms with Gasteiger partial charge in [0.2, 0.25) is 0 Å². The molecule has 0 amide bonds. The van der Waals surface area contributed by atoms with Crippen molar-refractivity contribution >= 4 is 10.9 Å². The van der Waals surface area contributed by atoms with Gasteiger partial charge in [0, 0.05) is 16.6 Å². The van der Waals surface area contributed by atoms with Crippen molar-refractivity contribution in [1.82, 2.24) is 4.98 Å². The predicted molar refractivity (Wildman–Crippen MR) is 74.4 cm³/mol. The normalized spacial score (nSPS) is 11.0. The Morgan fingerprint density at radius 1 is 1.06 bits per heavy atom. The van der Waals surface area contributed by atoms with Crippen LogP contribution in [0.5, 0.6) is 0 Å². The van der Waals surface area contributed by atoms with Gasteiger partial charge in [0.15, 0.2) is 0 Å². The van der Waals surface area contributed by atoms with Crippen molar-refractivity contribution in [2.24, 2.45) is 0 Å². The highest BCUT2D eigenvalue weighted by atomic mass is 16.3. The lowest BCUT2D eigenvalue weighted by Gasteiger charge is -1.98. The standard InChI is InChI=1S/C16H15NO/c1-11-3-2-4-13(7-11)16-9-14-8-12(10-18)5-6-15(14)17-16/h2-9,17-18H,10H2,1H3. The third-order valence-corrected chi connectivity index (χ3v) is 3.20. The molecule has 18 heavy (non-hydrogen) atoms. The second-order valence-electron chi connectivity index (χ2n) is 4.63. The van der Waals surface area contributed by atoms with Gasteiger partial charge in [0.25, 0.3) is 0 Å². The van der Waals surface area contributed by atoms with E-state index in [0.29, 0.717) is 0 Å². The van der Waals surface area contributed by atoms with Crippen molar-refractivity contribution < 1.29 is 5.11 Å². The van der Waals surface area contributed by atoms with Crippen LogP contribution in [0.1, 0.15) is 11.1 Å². The van der Waals surface area contributed by atoms with E-state index in [-0.39, 0.29) is 6.61 Å². The molecule has 0 saturated carbocycles. The largest absolute Gasteiger partial charge is 0.392 e. The summed E-state index contributed by atoms with van der Waals surface area (Å²) >= 11 is 0. The zero-order valence-corrected chi connectivity index (χ0v) is 10.3. The number of aliphatic hydroxyl groups is 1. The number of aliphatic hydroxyl groups excluding tert-OH is 1. The number of hydrogen-bond donors (Lipinski definition) is 2. The topological polar surface area (TPSA) is 36.0 Å². The number of hydrogen-bond acceptors (Lipinski definition) is 1. The Morgan fingerprint density at radius 2 is 1.94 bits per heavy atom. The fraction of sp³-hybridized carbons (Fsp3) is 0.125. The van der Waals surface area contributed by atoms with Gasteiger partial charge < -0.3 is 10.1 Å². The minimum Gasteiger partial charge on any atom is -0.392 e. The van der Waals surface area contributed by atoms with Gasteiger partial charge in [-0.2, -0.15) is 0 Å². The molecule has 0 aliphatic rings. The molecule has 0 aliphatic carbocycles. The average molecular weight is 237 g/mol. The third kappa shape index (κ3) is 1.91. The van der Waals surface area contributed by atoms with Crippen LogP contribution in [0.3, 0.4) is 0 Å². The lowest BCUT2D eigenvalue weighted by atomic mass is 10.1. The van der Waals surface area contributed by atoms with Crippen LogP contribution in [-0.4, -0.2) is 10.1 Å². The second-order valence-corrected chi connectivity index (χ2v) is 4.63. The summed E-state index contributed by atoms with van der Waals surface area (Å²) in [5, 5.41) is 10.3. The summed E-state index contributed by atoms with van der Waals surface area (Å²) < 4.78 is 0. The number of fused-ring (bicyclic) bond motifs is 1. The van der Waals surface area contributed by atoms with Gasteiger partial charge in [-0.15, -0.1) is 0 Å². The van der Waals surface area contributed by atoms with Crippen molar-refractivity contribution in [3.05, 3.63) is 59.7 Å². The van der Waals surface area contributed by atoms with Gasteiger partial charge in [-0.3, -0.25) is 0 Å². The number of aryl methyl sites for hydroxylation is 1. The number of H-pyrrole nitrogens is 1. The molecule has 2 aromatic carbocycles. The summed E-state index contributed by atoms with van der Waals surface area (Å²) in [5.41, 5.74) is 5.60. The lowest BCUT2D eigenvalue weighted by molar-refractivity contribution is 0.282. The molecule has 0 aliphatic heterocycles. The van der Waals surface area contributed by atoms with Crippen LogP contribution in [-0.2, 0) is 6.61 Å². The SMILES string of the molecule is Cc1cccc(-c2cc3cc(CO)ccc3[nH]2)c1. The van der Waals surface area contributed by atoms with Gasteiger partial charge in [-0.1, -0.05) is 29.8 Å². The van der Waals surface area contributed by atoms with E-state index < -0.39 is 0 Å². The highest BCUT2D eigenvalue weighted by Gasteiger charge is 2.04. The predicted octanol–water partition coefficient (Wildman–Crippen LogP) is 3.64. The molecule has 0 fully saturated rings. The van der Waals surface area contributed by atoms with E-state index in [4.69, 9.17) is 5.11 Å². The Kier molecular flexibility index (Phi) is 2.65. The molecular weight excluding hydrogens is 222 g/mol. The molecule has 1 aromatic heterocycles. The summed E-state index contributed by atoms with van der Waals surface area (Å²) in [6.45, 7) is 2.18. The molecule has 2 N–H and O–H groups in total. The highest BCUT2D eigenvalue weighted by Crippen LogP contribution is 2.25. The van der Waals surface area contributed by atoms with Crippen LogP contribution in [0, 0.1) is 6.92 Å². The van der Waals surface area contributed by atoms with Gasteiger partial charge in [0.1, 0.15) is 0 Å². The average Bonchev–Trinajstić information content (AvgIpc) is 2.81. The summed E-state index contributed by atoms with van der Waals surface area (Å²) in [4.78, 5) is 3.41. The minimum atomic E-state index is 0.0842. The zero-order chi connectivity index (χ0) is 12.5. The molecule has 0 unspecified atom stereocenters. The maximum absolute atomic E-state index is 9.15. The van der Waals surface area contributed by atoms with E-state index in [2.05, 4.69) is 42.2 Å². The van der Waals surface area contributed by atoms with Crippen molar-refractivity contribution in [1.29, 1.82) is 0 Å². The van der Waals surface area contributed by atoms with Crippen molar-refractivity contribution in [3.8, 4) is 11.3 Å². The van der Waals surface area contributed by atoms with Crippen LogP contribution < -0.4 is 0 Å². The fourth-order valence-electron chi connectivity index (χ4n) is 2.25. The smallest absolute Gasteiger partial charge is 0.0682 e. The van der Waals surface area contributed by atoms with E-state index in [1.807, 2.05) is 18.2 Å². The third-order valence-electron chi connectivity index (χ3n) is 3.20. The van der Waals surface area contributed by atoms with Crippen LogP contribution in [0.2, 0.25) is 0 Å². The fourth-order valence-corrected chi connectivity index (χ4v) is 2.25. The summed E-state index contributed by atoms with van der Waals surface area (Å²) in [7, 11) is 0. The molecular formula is C16H15NO. The van der Waals surface area contributed by atoms with Gasteiger partial charge in [-0.25, -0.2) is 0 Å². The van der Waals surface area contributed by atoms with E-state index in [1.54, 1.807) is 0 Å². The van der Waals surface area contributed by atoms with E-state index >= 15 is 0 Å². The first kappa shape index (κ1) is 11.1. The molecule has 0 radical (unpaired) electrons. The number of nitrogens with one attached hydrogen (secondary N) is 1. The number of rotatable bonds is 2. The van der Waals surface area contributed by atoms with Crippen LogP contribution >= 0.6 is 0 Å². The highest BCUT2D eigenvalue weighted by molar-refractivity contribution is 5.86. The molecule has 2 heteroatoms. The summed E-state index contributed by atoms with van der Waals surface area (Å²) in [6, 6.07) is 16.5. The Hall–Kier alpha value is -2.06. The second kappa shape index (κ2) is 4.31. The van der Waals surface area contributed by atoms with E-state index in [9.17, 15) is 0 Å². The van der Waals surface area contributed by atoms with Gasteiger partial charge in [0.05, 0.1) is 6.61 Å². The first-order chi connectivity index (χ1) is 8.76. The van der Waals surface area contributed by atoms with Crippen LogP contribution in [0.25, 0.3) is 22.2 Å². The zero-order valence-electron chi connectivity index (χ0n) is 10.3. The first-order valence-corrected chi connectivity index (χ1v) is 6.06. The van der Waals surface area contributed by atoms with E-state index in [0.717, 1.165) is 22.2 Å². The molecule has 0 saturated heterocycles. The van der Waals surface area contributed by atoms with Crippen molar-refractivity contribution in [2.45, 2.75) is 13.5 Å². The molecule has 90 valence electrons. The molecule has 0 atom stereocenters. The number of aromatic nitrogens is 1. The van der Waals surface area contributed by atoms with E-state index in [1.165, 1.54) is 11.1 Å². The Balaban J connectivity index is 2.13. The van der Waals surface area contributed by atoms with Gasteiger partial charge in [-0.05, 0) is 42.3 Å². The maximum atomic E-state index is 9.15. The molecule has 3 rings (SSSR count). The minimum absolute atomic E-state index is 0.0842. The van der Waals surface area contributed by atoms with Crippen LogP contribution in [0.15, 0.2) is 48.5 Å². The first-order valence-electron chi connectivity index (χ1n) is 6.06. The number of aromatic amines is 1. The Labute approximate surface area is 106 Å². The van der Waals surface area contributed by atoms with Crippen molar-refractivity contribution in [2.75, 3.05) is 0 Å². The summed E-state index contributed by atoms with van der Waals surface area (Å²) in [5.74, 6) is 0. The molecule has 3 aromatic rings. The van der Waals surface area contributed by atoms with Gasteiger partial charge >= 0.3 is 0 Å². The maximum Gasteiger partial charge on any atom is 0.0682 e. The Morgan fingerprint density at radius 3 is 2.72 bits per heavy atom. The summed E-state index contributed by atoms with van der Waals surface area (Å²) in [6.07, 6.45) is 0. The molecule has 1 heterocycles.